The zero-order valence-electron chi connectivity index (χ0n) is 4.96. The summed E-state index contributed by atoms with van der Waals surface area (Å²) in [5, 5.41) is 0. The molecule has 1 aliphatic rings. The van der Waals surface area contributed by atoms with E-state index in [0.717, 1.165) is 0 Å². The van der Waals surface area contributed by atoms with E-state index in [9.17, 15) is 0 Å². The van der Waals surface area contributed by atoms with Gasteiger partial charge in [0.1, 0.15) is 6.79 Å². The van der Waals surface area contributed by atoms with E-state index in [-0.39, 0.29) is 12.1 Å². The van der Waals surface area contributed by atoms with Gasteiger partial charge in [-0.2, -0.15) is 0 Å². The third-order valence-electron chi connectivity index (χ3n) is 1.33. The van der Waals surface area contributed by atoms with Crippen molar-refractivity contribution in [2.24, 2.45) is 5.73 Å². The Bertz CT molecular complexity index is 66.8. The minimum atomic E-state index is 0.0590. The van der Waals surface area contributed by atoms with E-state index in [0.29, 0.717) is 13.4 Å². The summed E-state index contributed by atoms with van der Waals surface area (Å²) in [6, 6.07) is 0.0590. The summed E-state index contributed by atoms with van der Waals surface area (Å²) >= 11 is 0. The minimum Gasteiger partial charge on any atom is -0.354 e. The smallest absolute Gasteiger partial charge is 0.147 e. The normalized spacial score (nSPS) is 39.8. The van der Waals surface area contributed by atoms with Gasteiger partial charge in [0, 0.05) is 0 Å². The van der Waals surface area contributed by atoms with Crippen LogP contribution in [0.25, 0.3) is 0 Å². The molecule has 1 aliphatic heterocycles. The zero-order valence-corrected chi connectivity index (χ0v) is 4.96. The molecule has 3 heteroatoms. The van der Waals surface area contributed by atoms with Gasteiger partial charge in [-0.05, 0) is 6.92 Å². The SMILES string of the molecule is CC1OCOCC1N. The lowest BCUT2D eigenvalue weighted by Crippen LogP contribution is -2.43. The van der Waals surface area contributed by atoms with E-state index in [1.54, 1.807) is 0 Å². The van der Waals surface area contributed by atoms with E-state index in [4.69, 9.17) is 15.2 Å². The van der Waals surface area contributed by atoms with Crippen LogP contribution in [0, 0.1) is 0 Å². The molecule has 1 saturated heterocycles. The van der Waals surface area contributed by atoms with Crippen LogP contribution in [0.2, 0.25) is 0 Å². The Hall–Kier alpha value is -0.120. The molecule has 3 nitrogen and oxygen atoms in total. The minimum absolute atomic E-state index is 0.0590. The van der Waals surface area contributed by atoms with Gasteiger partial charge in [-0.3, -0.25) is 0 Å². The molecule has 0 amide bonds. The lowest BCUT2D eigenvalue weighted by molar-refractivity contribution is -0.142. The fourth-order valence-corrected chi connectivity index (χ4v) is 0.599. The molecule has 2 atom stereocenters. The second-order valence-electron chi connectivity index (χ2n) is 2.02. The summed E-state index contributed by atoms with van der Waals surface area (Å²) in [7, 11) is 0. The summed E-state index contributed by atoms with van der Waals surface area (Å²) in [5.74, 6) is 0. The monoisotopic (exact) mass is 117 g/mol. The van der Waals surface area contributed by atoms with E-state index < -0.39 is 0 Å². The van der Waals surface area contributed by atoms with Crippen molar-refractivity contribution >= 4 is 0 Å². The van der Waals surface area contributed by atoms with Gasteiger partial charge in [-0.1, -0.05) is 0 Å². The first-order valence-corrected chi connectivity index (χ1v) is 2.75. The molecular weight excluding hydrogens is 106 g/mol. The molecule has 8 heavy (non-hydrogen) atoms. The average molecular weight is 117 g/mol. The molecule has 2 unspecified atom stereocenters. The second-order valence-corrected chi connectivity index (χ2v) is 2.02. The van der Waals surface area contributed by atoms with E-state index in [2.05, 4.69) is 0 Å². The molecule has 2 N–H and O–H groups in total. The van der Waals surface area contributed by atoms with E-state index in [1.807, 2.05) is 6.92 Å². The lowest BCUT2D eigenvalue weighted by atomic mass is 10.2. The molecule has 0 radical (unpaired) electrons. The van der Waals surface area contributed by atoms with Crippen molar-refractivity contribution in [1.82, 2.24) is 0 Å². The Morgan fingerprint density at radius 1 is 1.62 bits per heavy atom. The van der Waals surface area contributed by atoms with Crippen molar-refractivity contribution in [3.63, 3.8) is 0 Å². The van der Waals surface area contributed by atoms with Crippen LogP contribution in [-0.4, -0.2) is 25.5 Å². The Balaban J connectivity index is 2.28. The largest absolute Gasteiger partial charge is 0.354 e. The summed E-state index contributed by atoms with van der Waals surface area (Å²) in [5.41, 5.74) is 5.53. The molecule has 0 aromatic rings. The number of ether oxygens (including phenoxy) is 2. The van der Waals surface area contributed by atoms with Gasteiger partial charge in [0.05, 0.1) is 18.8 Å². The van der Waals surface area contributed by atoms with Crippen molar-refractivity contribution < 1.29 is 9.47 Å². The number of nitrogens with two attached hydrogens (primary N) is 1. The number of rotatable bonds is 0. The fraction of sp³-hybridized carbons (Fsp3) is 1.00. The first-order valence-electron chi connectivity index (χ1n) is 2.75. The van der Waals surface area contributed by atoms with Gasteiger partial charge in [-0.15, -0.1) is 0 Å². The van der Waals surface area contributed by atoms with Crippen LogP contribution in [0.3, 0.4) is 0 Å². The van der Waals surface area contributed by atoms with Gasteiger partial charge >= 0.3 is 0 Å². The zero-order chi connectivity index (χ0) is 5.98. The van der Waals surface area contributed by atoms with Crippen LogP contribution >= 0.6 is 0 Å². The number of hydrogen-bond acceptors (Lipinski definition) is 3. The average Bonchev–Trinajstić information content (AvgIpc) is 1.77. The molecule has 0 bridgehead atoms. The molecule has 0 saturated carbocycles. The first kappa shape index (κ1) is 6.01. The maximum absolute atomic E-state index is 5.53. The maximum atomic E-state index is 5.53. The Morgan fingerprint density at radius 2 is 2.38 bits per heavy atom. The maximum Gasteiger partial charge on any atom is 0.147 e. The van der Waals surface area contributed by atoms with Crippen LogP contribution in [0.4, 0.5) is 0 Å². The molecule has 0 spiro atoms. The predicted molar refractivity (Wildman–Crippen MR) is 29.3 cm³/mol. The lowest BCUT2D eigenvalue weighted by Gasteiger charge is -2.25. The summed E-state index contributed by atoms with van der Waals surface area (Å²) in [4.78, 5) is 0. The van der Waals surface area contributed by atoms with Crippen LogP contribution in [-0.2, 0) is 9.47 Å². The highest BCUT2D eigenvalue weighted by molar-refractivity contribution is 4.69. The molecule has 1 fully saturated rings. The van der Waals surface area contributed by atoms with Crippen molar-refractivity contribution in [2.45, 2.75) is 19.1 Å². The first-order chi connectivity index (χ1) is 3.80. The van der Waals surface area contributed by atoms with Crippen LogP contribution in [0.5, 0.6) is 0 Å². The molecule has 0 aliphatic carbocycles. The standard InChI is InChI=1S/C5H11NO2/c1-4-5(6)2-7-3-8-4/h4-5H,2-3,6H2,1H3. The highest BCUT2D eigenvalue weighted by atomic mass is 16.7. The molecule has 0 aromatic carbocycles. The van der Waals surface area contributed by atoms with Crippen molar-refractivity contribution in [2.75, 3.05) is 13.4 Å². The molecule has 1 rings (SSSR count). The summed E-state index contributed by atoms with van der Waals surface area (Å²) in [6.45, 7) is 2.98. The van der Waals surface area contributed by atoms with Gasteiger partial charge in [0.25, 0.3) is 0 Å². The van der Waals surface area contributed by atoms with Crippen LogP contribution < -0.4 is 5.73 Å². The topological polar surface area (TPSA) is 44.5 Å². The van der Waals surface area contributed by atoms with E-state index >= 15 is 0 Å². The summed E-state index contributed by atoms with van der Waals surface area (Å²) in [6.07, 6.45) is 0.156. The van der Waals surface area contributed by atoms with Crippen molar-refractivity contribution in [3.8, 4) is 0 Å². The Labute approximate surface area is 48.8 Å². The highest BCUT2D eigenvalue weighted by Crippen LogP contribution is 2.02. The fourth-order valence-electron chi connectivity index (χ4n) is 0.599. The van der Waals surface area contributed by atoms with Crippen LogP contribution in [0.1, 0.15) is 6.92 Å². The Morgan fingerprint density at radius 3 is 2.75 bits per heavy atom. The number of hydrogen-bond donors (Lipinski definition) is 1. The quantitative estimate of drug-likeness (QED) is 0.474. The highest BCUT2D eigenvalue weighted by Gasteiger charge is 2.17. The molecule has 48 valence electrons. The molecule has 0 aromatic heterocycles. The van der Waals surface area contributed by atoms with Crippen LogP contribution in [0.15, 0.2) is 0 Å². The third kappa shape index (κ3) is 1.18. The summed E-state index contributed by atoms with van der Waals surface area (Å²) < 4.78 is 9.95. The van der Waals surface area contributed by atoms with Crippen molar-refractivity contribution in [1.29, 1.82) is 0 Å². The molecular formula is C5H11NO2. The predicted octanol–water partition coefficient (Wildman–Crippen LogP) is -0.294. The van der Waals surface area contributed by atoms with Gasteiger partial charge < -0.3 is 15.2 Å². The third-order valence-corrected chi connectivity index (χ3v) is 1.33. The van der Waals surface area contributed by atoms with Gasteiger partial charge in [0.15, 0.2) is 0 Å². The van der Waals surface area contributed by atoms with Gasteiger partial charge in [-0.25, -0.2) is 0 Å². The van der Waals surface area contributed by atoms with Crippen molar-refractivity contribution in [3.05, 3.63) is 0 Å². The second kappa shape index (κ2) is 2.44. The van der Waals surface area contributed by atoms with E-state index in [1.165, 1.54) is 0 Å². The molecule has 1 heterocycles. The Kier molecular flexibility index (Phi) is 1.83. The van der Waals surface area contributed by atoms with Gasteiger partial charge in [0.2, 0.25) is 0 Å².